The van der Waals surface area contributed by atoms with E-state index >= 15 is 0 Å². The van der Waals surface area contributed by atoms with Gasteiger partial charge in [0.15, 0.2) is 0 Å². The van der Waals surface area contributed by atoms with Gasteiger partial charge in [-0.3, -0.25) is 9.59 Å². The summed E-state index contributed by atoms with van der Waals surface area (Å²) >= 11 is 0. The lowest BCUT2D eigenvalue weighted by Crippen LogP contribution is -2.30. The Bertz CT molecular complexity index is 1140. The van der Waals surface area contributed by atoms with Crippen molar-refractivity contribution in [2.45, 2.75) is 12.8 Å². The highest BCUT2D eigenvalue weighted by atomic mass is 16.4. The third-order valence-corrected chi connectivity index (χ3v) is 7.14. The normalized spacial score (nSPS) is 30.1. The van der Waals surface area contributed by atoms with Gasteiger partial charge in [0.2, 0.25) is 0 Å². The van der Waals surface area contributed by atoms with Crippen LogP contribution in [0.1, 0.15) is 29.0 Å². The van der Waals surface area contributed by atoms with Crippen molar-refractivity contribution in [3.63, 3.8) is 0 Å². The lowest BCUT2D eigenvalue weighted by atomic mass is 9.85. The summed E-state index contributed by atoms with van der Waals surface area (Å²) in [5.41, 5.74) is 0.791. The standard InChI is InChI=1S/C23H18N2O5/c26-20-18-15-5-6-16(23(15)8-9-23)19(18)21(27)25(20)24-11-14-4-7-17(30-14)12-2-1-3-13(10-12)22(28)29/h1-7,10-11,15-16,18-19H,8-9H2,(H,28,29)/p-1/b24-11-/t15-,16+,18+,19-. The quantitative estimate of drug-likeness (QED) is 0.442. The molecule has 6 rings (SSSR count). The van der Waals surface area contributed by atoms with Crippen molar-refractivity contribution in [3.8, 4) is 11.3 Å². The zero-order chi connectivity index (χ0) is 20.6. The van der Waals surface area contributed by atoms with Crippen LogP contribution in [0.2, 0.25) is 0 Å². The first-order valence-corrected chi connectivity index (χ1v) is 10.0. The Kier molecular flexibility index (Phi) is 3.35. The molecule has 1 saturated heterocycles. The van der Waals surface area contributed by atoms with E-state index in [2.05, 4.69) is 17.3 Å². The van der Waals surface area contributed by atoms with Crippen LogP contribution in [0.4, 0.5) is 0 Å². The van der Waals surface area contributed by atoms with Crippen molar-refractivity contribution in [2.24, 2.45) is 34.2 Å². The Morgan fingerprint density at radius 3 is 2.43 bits per heavy atom. The molecule has 2 amide bonds. The van der Waals surface area contributed by atoms with Crippen LogP contribution in [0.3, 0.4) is 0 Å². The van der Waals surface area contributed by atoms with E-state index in [1.165, 1.54) is 18.3 Å². The first-order chi connectivity index (χ1) is 14.5. The van der Waals surface area contributed by atoms with Crippen LogP contribution in [0.5, 0.6) is 0 Å². The molecule has 0 unspecified atom stereocenters. The van der Waals surface area contributed by atoms with Crippen molar-refractivity contribution in [3.05, 3.63) is 59.9 Å². The minimum absolute atomic E-state index is 0.0515. The second-order valence-corrected chi connectivity index (χ2v) is 8.52. The van der Waals surface area contributed by atoms with Crippen LogP contribution in [0.15, 0.2) is 58.1 Å². The van der Waals surface area contributed by atoms with E-state index in [0.717, 1.165) is 17.9 Å². The van der Waals surface area contributed by atoms with Crippen molar-refractivity contribution in [1.29, 1.82) is 0 Å². The zero-order valence-electron chi connectivity index (χ0n) is 15.9. The number of carboxylic acids is 1. The minimum Gasteiger partial charge on any atom is -0.545 e. The van der Waals surface area contributed by atoms with E-state index < -0.39 is 5.97 Å². The lowest BCUT2D eigenvalue weighted by Gasteiger charge is -2.18. The molecule has 2 saturated carbocycles. The monoisotopic (exact) mass is 401 g/mol. The van der Waals surface area contributed by atoms with Gasteiger partial charge in [0.1, 0.15) is 11.5 Å². The number of carbonyl (C=O) groups excluding carboxylic acids is 3. The fraction of sp³-hybridized carbons (Fsp3) is 0.304. The van der Waals surface area contributed by atoms with E-state index in [4.69, 9.17) is 4.42 Å². The maximum absolute atomic E-state index is 12.9. The molecule has 1 aromatic heterocycles. The summed E-state index contributed by atoms with van der Waals surface area (Å²) < 4.78 is 5.70. The first kappa shape index (κ1) is 17.4. The number of carbonyl (C=O) groups is 3. The molecule has 3 aliphatic carbocycles. The highest BCUT2D eigenvalue weighted by Gasteiger charge is 2.73. The average Bonchev–Trinajstić information content (AvgIpc) is 3.03. The van der Waals surface area contributed by atoms with Gasteiger partial charge in [0.25, 0.3) is 11.8 Å². The van der Waals surface area contributed by atoms with Crippen LogP contribution in [-0.4, -0.2) is 29.0 Å². The summed E-state index contributed by atoms with van der Waals surface area (Å²) in [4.78, 5) is 36.9. The van der Waals surface area contributed by atoms with Gasteiger partial charge in [0, 0.05) is 5.56 Å². The van der Waals surface area contributed by atoms with Crippen LogP contribution < -0.4 is 5.11 Å². The summed E-state index contributed by atoms with van der Waals surface area (Å²) in [5, 5.41) is 16.2. The first-order valence-electron chi connectivity index (χ1n) is 10.0. The maximum Gasteiger partial charge on any atom is 0.254 e. The fourth-order valence-corrected chi connectivity index (χ4v) is 5.67. The second-order valence-electron chi connectivity index (χ2n) is 8.52. The molecule has 30 heavy (non-hydrogen) atoms. The van der Waals surface area contributed by atoms with E-state index in [1.54, 1.807) is 24.3 Å². The Morgan fingerprint density at radius 2 is 1.80 bits per heavy atom. The van der Waals surface area contributed by atoms with Crippen LogP contribution >= 0.6 is 0 Å². The molecule has 150 valence electrons. The molecular weight excluding hydrogens is 384 g/mol. The molecule has 7 nitrogen and oxygen atoms in total. The molecule has 4 atom stereocenters. The number of amides is 2. The Hall–Kier alpha value is -3.48. The molecule has 1 spiro atoms. The number of carboxylic acid groups (broad SMARTS) is 1. The summed E-state index contributed by atoms with van der Waals surface area (Å²) in [6.45, 7) is 0. The Labute approximate surface area is 171 Å². The third kappa shape index (κ3) is 2.20. The molecule has 1 aliphatic heterocycles. The number of furan rings is 1. The van der Waals surface area contributed by atoms with E-state index in [9.17, 15) is 19.5 Å². The highest BCUT2D eigenvalue weighted by molar-refractivity contribution is 6.07. The fourth-order valence-electron chi connectivity index (χ4n) is 5.67. The second kappa shape index (κ2) is 5.78. The van der Waals surface area contributed by atoms with Gasteiger partial charge in [-0.2, -0.15) is 10.1 Å². The number of nitrogens with zero attached hydrogens (tertiary/aromatic N) is 2. The maximum atomic E-state index is 12.9. The van der Waals surface area contributed by atoms with Gasteiger partial charge in [-0.25, -0.2) is 0 Å². The Morgan fingerprint density at radius 1 is 1.10 bits per heavy atom. The highest BCUT2D eigenvalue weighted by Crippen LogP contribution is 2.73. The van der Waals surface area contributed by atoms with Crippen molar-refractivity contribution < 1.29 is 23.9 Å². The van der Waals surface area contributed by atoms with Gasteiger partial charge in [-0.1, -0.05) is 30.4 Å². The molecule has 7 heteroatoms. The van der Waals surface area contributed by atoms with Crippen molar-refractivity contribution >= 4 is 24.0 Å². The third-order valence-electron chi connectivity index (χ3n) is 7.14. The van der Waals surface area contributed by atoms with Crippen molar-refractivity contribution in [1.82, 2.24) is 5.01 Å². The molecule has 3 fully saturated rings. The SMILES string of the molecule is O=C([O-])c1cccc(-c2ccc(/C=N\N3C(=O)[C@@H]4[C@H](C3=O)[C@@H]3C=C[C@H]4C34CC4)o2)c1. The molecule has 1 aromatic carbocycles. The molecule has 0 N–H and O–H groups in total. The number of rotatable bonds is 4. The average molecular weight is 401 g/mol. The summed E-state index contributed by atoms with van der Waals surface area (Å²) in [7, 11) is 0. The summed E-state index contributed by atoms with van der Waals surface area (Å²) in [5.74, 6) is -1.15. The van der Waals surface area contributed by atoms with E-state index in [-0.39, 0.29) is 46.5 Å². The van der Waals surface area contributed by atoms with Crippen LogP contribution in [0, 0.1) is 29.1 Å². The predicted octanol–water partition coefficient (Wildman–Crippen LogP) is 1.84. The van der Waals surface area contributed by atoms with Gasteiger partial charge in [-0.15, -0.1) is 0 Å². The number of aromatic carboxylic acids is 1. The number of hydrogen-bond donors (Lipinski definition) is 0. The lowest BCUT2D eigenvalue weighted by molar-refractivity contribution is -0.255. The number of imide groups is 1. The molecule has 4 aliphatic rings. The van der Waals surface area contributed by atoms with Crippen molar-refractivity contribution in [2.75, 3.05) is 0 Å². The summed E-state index contributed by atoms with van der Waals surface area (Å²) in [6.07, 6.45) is 7.79. The summed E-state index contributed by atoms with van der Waals surface area (Å²) in [6, 6.07) is 9.56. The smallest absolute Gasteiger partial charge is 0.254 e. The van der Waals surface area contributed by atoms with Gasteiger partial charge in [0.05, 0.1) is 24.0 Å². The zero-order valence-corrected chi connectivity index (χ0v) is 15.9. The van der Waals surface area contributed by atoms with E-state index in [0.29, 0.717) is 17.1 Å². The van der Waals surface area contributed by atoms with Gasteiger partial charge < -0.3 is 14.3 Å². The van der Waals surface area contributed by atoms with Gasteiger partial charge in [-0.05, 0) is 53.9 Å². The molecule has 0 radical (unpaired) electrons. The van der Waals surface area contributed by atoms with E-state index in [1.807, 2.05) is 0 Å². The molecular formula is C23H17N2O5-. The predicted molar refractivity (Wildman–Crippen MR) is 103 cm³/mol. The number of hydrogen-bond acceptors (Lipinski definition) is 6. The number of benzene rings is 1. The molecule has 2 bridgehead atoms. The Balaban J connectivity index is 1.23. The largest absolute Gasteiger partial charge is 0.545 e. The number of fused-ring (bicyclic) bond motifs is 3. The molecule has 2 aromatic rings. The molecule has 2 heterocycles. The number of hydrazone groups is 1. The number of allylic oxidation sites excluding steroid dienone is 2. The van der Waals surface area contributed by atoms with Crippen LogP contribution in [0.25, 0.3) is 11.3 Å². The minimum atomic E-state index is -1.27. The topological polar surface area (TPSA) is 103 Å². The van der Waals surface area contributed by atoms with Crippen LogP contribution in [-0.2, 0) is 9.59 Å². The van der Waals surface area contributed by atoms with Gasteiger partial charge >= 0.3 is 0 Å².